The van der Waals surface area contributed by atoms with E-state index in [1.807, 2.05) is 30.3 Å². The molecule has 28 heavy (non-hydrogen) atoms. The van der Waals surface area contributed by atoms with Crippen molar-refractivity contribution in [2.75, 3.05) is 21.3 Å². The highest BCUT2D eigenvalue weighted by Gasteiger charge is 2.15. The van der Waals surface area contributed by atoms with Gasteiger partial charge in [0.1, 0.15) is 5.75 Å². The molecule has 0 amide bonds. The van der Waals surface area contributed by atoms with Gasteiger partial charge in [0, 0.05) is 17.2 Å². The Morgan fingerprint density at radius 2 is 1.61 bits per heavy atom. The summed E-state index contributed by atoms with van der Waals surface area (Å²) in [6.07, 6.45) is 1.76. The van der Waals surface area contributed by atoms with Crippen LogP contribution in [0.2, 0.25) is 0 Å². The average molecular weight is 395 g/mol. The molecule has 0 aliphatic rings. The van der Waals surface area contributed by atoms with E-state index in [4.69, 9.17) is 14.2 Å². The quantitative estimate of drug-likeness (QED) is 0.517. The van der Waals surface area contributed by atoms with Crippen LogP contribution in [0.25, 0.3) is 22.4 Å². The van der Waals surface area contributed by atoms with Crippen molar-refractivity contribution in [3.63, 3.8) is 0 Å². The molecular weight excluding hydrogens is 378 g/mol. The third kappa shape index (κ3) is 2.97. The van der Waals surface area contributed by atoms with Crippen LogP contribution in [0, 0.1) is 0 Å². The first-order valence-corrected chi connectivity index (χ1v) is 9.23. The maximum absolute atomic E-state index is 13.0. The van der Waals surface area contributed by atoms with Crippen molar-refractivity contribution >= 4 is 22.4 Å². The molecule has 0 saturated heterocycles. The summed E-state index contributed by atoms with van der Waals surface area (Å²) in [7, 11) is 4.68. The Bertz CT molecular complexity index is 1250. The molecule has 0 aliphatic heterocycles. The highest BCUT2D eigenvalue weighted by atomic mass is 32.1. The van der Waals surface area contributed by atoms with Crippen LogP contribution in [0.4, 0.5) is 0 Å². The summed E-state index contributed by atoms with van der Waals surface area (Å²) < 4.78 is 18.2. The molecule has 4 aromatic rings. The number of nitrogens with zero attached hydrogens (tertiary/aromatic N) is 3. The van der Waals surface area contributed by atoms with Gasteiger partial charge in [-0.05, 0) is 12.1 Å². The summed E-state index contributed by atoms with van der Waals surface area (Å²) in [5, 5.41) is 8.32. The Hall–Kier alpha value is -3.39. The molecule has 0 N–H and O–H groups in total. The molecule has 0 unspecified atom stereocenters. The molecule has 8 heteroatoms. The fraction of sp³-hybridized carbons (Fsp3) is 0.150. The molecule has 0 atom stereocenters. The number of aromatic nitrogens is 3. The van der Waals surface area contributed by atoms with Gasteiger partial charge >= 0.3 is 0 Å². The summed E-state index contributed by atoms with van der Waals surface area (Å²) in [6, 6.07) is 13.0. The summed E-state index contributed by atoms with van der Waals surface area (Å²) in [6.45, 7) is 0. The number of ether oxygens (including phenoxy) is 3. The highest BCUT2D eigenvalue weighted by molar-refractivity contribution is 7.15. The van der Waals surface area contributed by atoms with Gasteiger partial charge in [0.25, 0.3) is 5.56 Å². The monoisotopic (exact) mass is 395 g/mol. The SMILES string of the molecule is COc1cc(OC)c(OC)cc1/C=c1\sc2nnc(-c3ccccc3)n2c1=O. The fourth-order valence-electron chi connectivity index (χ4n) is 2.94. The Labute approximate surface area is 164 Å². The van der Waals surface area contributed by atoms with E-state index < -0.39 is 0 Å². The van der Waals surface area contributed by atoms with Gasteiger partial charge in [0.15, 0.2) is 17.3 Å². The van der Waals surface area contributed by atoms with Crippen LogP contribution < -0.4 is 24.3 Å². The largest absolute Gasteiger partial charge is 0.496 e. The third-order valence-corrected chi connectivity index (χ3v) is 5.26. The lowest BCUT2D eigenvalue weighted by Gasteiger charge is -2.11. The number of hydrogen-bond acceptors (Lipinski definition) is 7. The zero-order valence-corrected chi connectivity index (χ0v) is 16.3. The van der Waals surface area contributed by atoms with Gasteiger partial charge in [0.2, 0.25) is 4.96 Å². The number of benzene rings is 2. The van der Waals surface area contributed by atoms with Crippen molar-refractivity contribution in [1.29, 1.82) is 0 Å². The predicted octanol–water partition coefficient (Wildman–Crippen LogP) is 2.39. The average Bonchev–Trinajstić information content (AvgIpc) is 3.28. The third-order valence-electron chi connectivity index (χ3n) is 4.30. The van der Waals surface area contributed by atoms with E-state index in [2.05, 4.69) is 10.2 Å². The van der Waals surface area contributed by atoms with Crippen LogP contribution in [0.15, 0.2) is 47.3 Å². The number of fused-ring (bicyclic) bond motifs is 1. The highest BCUT2D eigenvalue weighted by Crippen LogP contribution is 2.35. The van der Waals surface area contributed by atoms with Gasteiger partial charge in [-0.3, -0.25) is 4.79 Å². The van der Waals surface area contributed by atoms with Gasteiger partial charge in [-0.15, -0.1) is 10.2 Å². The Morgan fingerprint density at radius 1 is 0.929 bits per heavy atom. The smallest absolute Gasteiger partial charge is 0.276 e. The Balaban J connectivity index is 1.91. The lowest BCUT2D eigenvalue weighted by atomic mass is 10.1. The van der Waals surface area contributed by atoms with Crippen molar-refractivity contribution in [2.45, 2.75) is 0 Å². The van der Waals surface area contributed by atoms with Crippen LogP contribution in [-0.4, -0.2) is 35.9 Å². The number of rotatable bonds is 5. The van der Waals surface area contributed by atoms with Gasteiger partial charge in [-0.1, -0.05) is 41.7 Å². The van der Waals surface area contributed by atoms with Gasteiger partial charge < -0.3 is 14.2 Å². The second kappa shape index (κ2) is 7.32. The first kappa shape index (κ1) is 18.0. The van der Waals surface area contributed by atoms with Gasteiger partial charge in [-0.25, -0.2) is 4.40 Å². The molecule has 0 spiro atoms. The minimum absolute atomic E-state index is 0.180. The van der Waals surface area contributed by atoms with Crippen LogP contribution in [0.1, 0.15) is 5.56 Å². The molecule has 4 rings (SSSR count). The van der Waals surface area contributed by atoms with E-state index in [1.54, 1.807) is 39.5 Å². The molecule has 142 valence electrons. The zero-order valence-electron chi connectivity index (χ0n) is 15.5. The molecule has 0 radical (unpaired) electrons. The van der Waals surface area contributed by atoms with E-state index in [0.29, 0.717) is 38.1 Å². The molecule has 0 saturated carbocycles. The van der Waals surface area contributed by atoms with Crippen molar-refractivity contribution in [3.8, 4) is 28.6 Å². The normalized spacial score (nSPS) is 11.8. The standard InChI is InChI=1S/C20H17N3O4S/c1-25-14-11-16(27-3)15(26-2)9-13(14)10-17-19(24)23-18(21-22-20(23)28-17)12-7-5-4-6-8-12/h4-11H,1-3H3/b17-10-. The number of thiazole rings is 1. The van der Waals surface area contributed by atoms with E-state index in [0.717, 1.165) is 5.56 Å². The minimum atomic E-state index is -0.180. The molecule has 2 aromatic carbocycles. The lowest BCUT2D eigenvalue weighted by molar-refractivity contribution is 0.348. The number of hydrogen-bond donors (Lipinski definition) is 0. The van der Waals surface area contributed by atoms with Crippen molar-refractivity contribution < 1.29 is 14.2 Å². The van der Waals surface area contributed by atoms with E-state index >= 15 is 0 Å². The second-order valence-corrected chi connectivity index (χ2v) is 6.88. The molecule has 2 aromatic heterocycles. The first-order chi connectivity index (χ1) is 13.7. The summed E-state index contributed by atoms with van der Waals surface area (Å²) in [5.41, 5.74) is 1.36. The molecular formula is C20H17N3O4S. The first-order valence-electron chi connectivity index (χ1n) is 8.41. The van der Waals surface area contributed by atoms with Crippen molar-refractivity contribution in [3.05, 3.63) is 62.9 Å². The minimum Gasteiger partial charge on any atom is -0.496 e. The zero-order chi connectivity index (χ0) is 19.7. The molecule has 0 fully saturated rings. The van der Waals surface area contributed by atoms with Crippen LogP contribution in [0.5, 0.6) is 17.2 Å². The fourth-order valence-corrected chi connectivity index (χ4v) is 3.85. The maximum Gasteiger partial charge on any atom is 0.276 e. The van der Waals surface area contributed by atoms with E-state index in [1.165, 1.54) is 15.7 Å². The van der Waals surface area contributed by atoms with Gasteiger partial charge in [-0.2, -0.15) is 0 Å². The van der Waals surface area contributed by atoms with Gasteiger partial charge in [0.05, 0.1) is 25.9 Å². The summed E-state index contributed by atoms with van der Waals surface area (Å²) >= 11 is 1.27. The second-order valence-electron chi connectivity index (χ2n) is 5.87. The van der Waals surface area contributed by atoms with Crippen LogP contribution in [-0.2, 0) is 0 Å². The molecule has 0 bridgehead atoms. The van der Waals surface area contributed by atoms with E-state index in [9.17, 15) is 4.79 Å². The number of methoxy groups -OCH3 is 3. The van der Waals surface area contributed by atoms with E-state index in [-0.39, 0.29) is 5.56 Å². The maximum atomic E-state index is 13.0. The van der Waals surface area contributed by atoms with Crippen LogP contribution in [0.3, 0.4) is 0 Å². The van der Waals surface area contributed by atoms with Crippen molar-refractivity contribution in [1.82, 2.24) is 14.6 Å². The topological polar surface area (TPSA) is 74.9 Å². The van der Waals surface area contributed by atoms with Crippen molar-refractivity contribution in [2.24, 2.45) is 0 Å². The summed E-state index contributed by atoms with van der Waals surface area (Å²) in [5.74, 6) is 2.20. The molecule has 7 nitrogen and oxygen atoms in total. The van der Waals surface area contributed by atoms with Crippen LogP contribution >= 0.6 is 11.3 Å². The predicted molar refractivity (Wildman–Crippen MR) is 107 cm³/mol. The molecule has 2 heterocycles. The molecule has 0 aliphatic carbocycles. The Kier molecular flexibility index (Phi) is 4.70. The summed E-state index contributed by atoms with van der Waals surface area (Å²) in [4.78, 5) is 13.6. The Morgan fingerprint density at radius 3 is 2.29 bits per heavy atom. The lowest BCUT2D eigenvalue weighted by Crippen LogP contribution is -2.23.